The minimum absolute atomic E-state index is 0.182. The number of fused-ring (bicyclic) bond motifs is 1. The van der Waals surface area contributed by atoms with E-state index in [1.165, 1.54) is 11.1 Å². The largest absolute Gasteiger partial charge is 0.494 e. The van der Waals surface area contributed by atoms with Gasteiger partial charge >= 0.3 is 0 Å². The molecule has 0 bridgehead atoms. The third-order valence-corrected chi connectivity index (χ3v) is 4.70. The molecule has 0 fully saturated rings. The Balaban J connectivity index is 2.35. The Morgan fingerprint density at radius 1 is 1.04 bits per heavy atom. The molecule has 1 heterocycles. The minimum Gasteiger partial charge on any atom is -0.494 e. The summed E-state index contributed by atoms with van der Waals surface area (Å²) in [5, 5.41) is 0. The summed E-state index contributed by atoms with van der Waals surface area (Å²) in [4.78, 5) is 2.39. The summed E-state index contributed by atoms with van der Waals surface area (Å²) in [5.41, 5.74) is 9.90. The molecule has 0 aliphatic carbocycles. The molecular formula is C23H38N2O2. The number of nitrogens with zero attached hydrogens (tertiary/aromatic N) is 1. The first-order valence-corrected chi connectivity index (χ1v) is 10.5. The molecule has 152 valence electrons. The van der Waals surface area contributed by atoms with Crippen LogP contribution in [0.4, 0.5) is 0 Å². The highest BCUT2D eigenvalue weighted by Crippen LogP contribution is 2.36. The van der Waals surface area contributed by atoms with Crippen molar-refractivity contribution >= 4 is 5.76 Å². The van der Waals surface area contributed by atoms with E-state index in [0.717, 1.165) is 69.2 Å². The molecule has 0 saturated carbocycles. The molecule has 0 unspecified atom stereocenters. The maximum Gasteiger partial charge on any atom is 0.147 e. The van der Waals surface area contributed by atoms with Crippen molar-refractivity contribution in [3.05, 3.63) is 35.0 Å². The van der Waals surface area contributed by atoms with Crippen molar-refractivity contribution in [2.45, 2.75) is 66.8 Å². The van der Waals surface area contributed by atoms with Crippen LogP contribution in [0.5, 0.6) is 5.75 Å². The maximum absolute atomic E-state index is 6.25. The van der Waals surface area contributed by atoms with Gasteiger partial charge in [0, 0.05) is 25.2 Å². The first kappa shape index (κ1) is 21.6. The van der Waals surface area contributed by atoms with E-state index in [0.29, 0.717) is 6.54 Å². The van der Waals surface area contributed by atoms with Crippen LogP contribution < -0.4 is 10.5 Å². The number of hydrogen-bond acceptors (Lipinski definition) is 4. The fraction of sp³-hybridized carbons (Fsp3) is 0.652. The Hall–Kier alpha value is -1.68. The molecule has 0 spiro atoms. The van der Waals surface area contributed by atoms with Crippen molar-refractivity contribution in [3.63, 3.8) is 0 Å². The fourth-order valence-corrected chi connectivity index (χ4v) is 3.37. The van der Waals surface area contributed by atoms with Crippen LogP contribution in [0.15, 0.2) is 23.9 Å². The minimum atomic E-state index is 0.182. The first-order valence-electron chi connectivity index (χ1n) is 10.5. The van der Waals surface area contributed by atoms with E-state index < -0.39 is 0 Å². The van der Waals surface area contributed by atoms with Crippen molar-refractivity contribution in [2.24, 2.45) is 11.1 Å². The van der Waals surface area contributed by atoms with E-state index in [1.807, 2.05) is 0 Å². The molecule has 27 heavy (non-hydrogen) atoms. The highest BCUT2D eigenvalue weighted by molar-refractivity contribution is 5.69. The average molecular weight is 375 g/mol. The van der Waals surface area contributed by atoms with Gasteiger partial charge in [0.2, 0.25) is 0 Å². The smallest absolute Gasteiger partial charge is 0.147 e. The van der Waals surface area contributed by atoms with Gasteiger partial charge in [-0.25, -0.2) is 0 Å². The highest BCUT2D eigenvalue weighted by Gasteiger charge is 2.28. The van der Waals surface area contributed by atoms with Crippen molar-refractivity contribution in [1.29, 1.82) is 0 Å². The first-order chi connectivity index (χ1) is 12.9. The Morgan fingerprint density at radius 3 is 2.30 bits per heavy atom. The van der Waals surface area contributed by atoms with Crippen molar-refractivity contribution in [2.75, 3.05) is 26.3 Å². The van der Waals surface area contributed by atoms with E-state index in [2.05, 4.69) is 57.7 Å². The van der Waals surface area contributed by atoms with E-state index in [1.54, 1.807) is 0 Å². The Bertz CT molecular complexity index is 632. The lowest BCUT2D eigenvalue weighted by Crippen LogP contribution is -2.37. The topological polar surface area (TPSA) is 47.7 Å². The fourth-order valence-electron chi connectivity index (χ4n) is 3.37. The summed E-state index contributed by atoms with van der Waals surface area (Å²) < 4.78 is 12.2. The van der Waals surface area contributed by atoms with Crippen LogP contribution >= 0.6 is 0 Å². The van der Waals surface area contributed by atoms with Gasteiger partial charge in [0.15, 0.2) is 0 Å². The lowest BCUT2D eigenvalue weighted by molar-refractivity contribution is 0.201. The number of ether oxygens (including phenoxy) is 2. The third-order valence-electron chi connectivity index (χ3n) is 4.70. The zero-order valence-corrected chi connectivity index (χ0v) is 17.9. The van der Waals surface area contributed by atoms with Crippen LogP contribution in [-0.4, -0.2) is 31.2 Å². The summed E-state index contributed by atoms with van der Waals surface area (Å²) in [6.45, 7) is 14.9. The second-order valence-corrected chi connectivity index (χ2v) is 8.62. The van der Waals surface area contributed by atoms with E-state index in [9.17, 15) is 0 Å². The van der Waals surface area contributed by atoms with Crippen LogP contribution in [0.25, 0.3) is 5.76 Å². The van der Waals surface area contributed by atoms with Crippen LogP contribution in [0, 0.1) is 5.41 Å². The van der Waals surface area contributed by atoms with Crippen molar-refractivity contribution in [1.82, 2.24) is 4.90 Å². The van der Waals surface area contributed by atoms with E-state index in [-0.39, 0.29) is 5.41 Å². The van der Waals surface area contributed by atoms with E-state index >= 15 is 0 Å². The molecule has 0 aromatic heterocycles. The molecule has 4 heteroatoms. The van der Waals surface area contributed by atoms with Gasteiger partial charge in [-0.3, -0.25) is 0 Å². The average Bonchev–Trinajstić information content (AvgIpc) is 2.60. The normalized spacial score (nSPS) is 14.4. The second-order valence-electron chi connectivity index (χ2n) is 8.62. The monoisotopic (exact) mass is 374 g/mol. The zero-order valence-electron chi connectivity index (χ0n) is 17.9. The van der Waals surface area contributed by atoms with E-state index in [4.69, 9.17) is 15.2 Å². The summed E-state index contributed by atoms with van der Waals surface area (Å²) in [6, 6.07) is 6.38. The van der Waals surface area contributed by atoms with Gasteiger partial charge in [0.25, 0.3) is 0 Å². The van der Waals surface area contributed by atoms with Crippen molar-refractivity contribution < 1.29 is 9.47 Å². The zero-order chi connectivity index (χ0) is 19.9. The van der Waals surface area contributed by atoms with Gasteiger partial charge < -0.3 is 20.1 Å². The Morgan fingerprint density at radius 2 is 1.70 bits per heavy atom. The van der Waals surface area contributed by atoms with Gasteiger partial charge in [0.05, 0.1) is 18.9 Å². The number of rotatable bonds is 10. The SMILES string of the molecule is CCCCOC1=C(CN)N(CC(C)(C)C)Cc2cc(OCCCC)ccc21. The molecule has 0 radical (unpaired) electrons. The van der Waals surface area contributed by atoms with Gasteiger partial charge in [-0.15, -0.1) is 0 Å². The lowest BCUT2D eigenvalue weighted by Gasteiger charge is -2.38. The van der Waals surface area contributed by atoms with Gasteiger partial charge in [-0.2, -0.15) is 0 Å². The maximum atomic E-state index is 6.25. The molecule has 1 aliphatic rings. The summed E-state index contributed by atoms with van der Waals surface area (Å²) in [6.07, 6.45) is 4.39. The summed E-state index contributed by atoms with van der Waals surface area (Å²) in [7, 11) is 0. The molecule has 0 saturated heterocycles. The third kappa shape index (κ3) is 6.17. The Kier molecular flexibility index (Phi) is 8.03. The number of nitrogens with two attached hydrogens (primary N) is 1. The molecule has 2 rings (SSSR count). The van der Waals surface area contributed by atoms with Gasteiger partial charge in [-0.1, -0.05) is 47.5 Å². The molecule has 1 aromatic carbocycles. The van der Waals surface area contributed by atoms with Gasteiger partial charge in [0.1, 0.15) is 11.5 Å². The summed E-state index contributed by atoms with van der Waals surface area (Å²) >= 11 is 0. The molecular weight excluding hydrogens is 336 g/mol. The van der Waals surface area contributed by atoms with Crippen LogP contribution in [0.3, 0.4) is 0 Å². The molecule has 0 atom stereocenters. The molecule has 4 nitrogen and oxygen atoms in total. The molecule has 1 aromatic rings. The number of benzene rings is 1. The predicted molar refractivity (Wildman–Crippen MR) is 114 cm³/mol. The summed E-state index contributed by atoms with van der Waals surface area (Å²) in [5.74, 6) is 1.90. The van der Waals surface area contributed by atoms with Crippen LogP contribution in [-0.2, 0) is 11.3 Å². The lowest BCUT2D eigenvalue weighted by atomic mass is 9.92. The quantitative estimate of drug-likeness (QED) is 0.574. The number of hydrogen-bond donors (Lipinski definition) is 1. The standard InChI is InChI=1S/C23H38N2O2/c1-6-8-12-26-19-10-11-20-18(14-19)16-25(17-23(3,4)5)21(15-24)22(20)27-13-9-7-2/h10-11,14H,6-9,12-13,15-17,24H2,1-5H3. The van der Waals surface area contributed by atoms with Crippen molar-refractivity contribution in [3.8, 4) is 5.75 Å². The second kappa shape index (κ2) is 10.0. The Labute approximate surface area is 165 Å². The predicted octanol–water partition coefficient (Wildman–Crippen LogP) is 5.17. The number of unbranched alkanes of at least 4 members (excludes halogenated alkanes) is 2. The highest BCUT2D eigenvalue weighted by atomic mass is 16.5. The van der Waals surface area contributed by atoms with Crippen LogP contribution in [0.1, 0.15) is 71.4 Å². The van der Waals surface area contributed by atoms with Crippen LogP contribution in [0.2, 0.25) is 0 Å². The molecule has 1 aliphatic heterocycles. The molecule has 2 N–H and O–H groups in total. The van der Waals surface area contributed by atoms with Gasteiger partial charge in [-0.05, 0) is 42.0 Å². The molecule has 0 amide bonds.